The van der Waals surface area contributed by atoms with E-state index in [1.54, 1.807) is 0 Å². The van der Waals surface area contributed by atoms with E-state index in [1.165, 1.54) is 6.92 Å². The first-order valence-corrected chi connectivity index (χ1v) is 4.34. The highest BCUT2D eigenvalue weighted by Crippen LogP contribution is 2.03. The summed E-state index contributed by atoms with van der Waals surface area (Å²) in [5, 5.41) is 8.45. The first kappa shape index (κ1) is 10.3. The van der Waals surface area contributed by atoms with Crippen LogP contribution in [0, 0.1) is 17.2 Å². The Balaban J connectivity index is 2.43. The fourth-order valence-electron chi connectivity index (χ4n) is 0.906. The largest absolute Gasteiger partial charge is 0.460 e. The van der Waals surface area contributed by atoms with Crippen LogP contribution in [0.5, 0.6) is 0 Å². The number of hydrogen-bond donors (Lipinski definition) is 0. The lowest BCUT2D eigenvalue weighted by Gasteiger charge is -2.05. The molecule has 1 atom stereocenters. The fourth-order valence-corrected chi connectivity index (χ4v) is 0.906. The van der Waals surface area contributed by atoms with E-state index < -0.39 is 11.9 Å². The molecule has 0 radical (unpaired) electrons. The molecule has 0 aliphatic rings. The molecule has 1 rings (SSSR count). The second-order valence-electron chi connectivity index (χ2n) is 2.94. The van der Waals surface area contributed by atoms with Crippen LogP contribution in [0.25, 0.3) is 0 Å². The van der Waals surface area contributed by atoms with Gasteiger partial charge in [-0.3, -0.25) is 4.79 Å². The molecular weight excluding hydrogens is 178 g/mol. The summed E-state index contributed by atoms with van der Waals surface area (Å²) in [6.45, 7) is 1.75. The summed E-state index contributed by atoms with van der Waals surface area (Å²) < 4.78 is 4.92. The minimum absolute atomic E-state index is 0.228. The minimum Gasteiger partial charge on any atom is -0.460 e. The molecule has 3 heteroatoms. The van der Waals surface area contributed by atoms with Crippen molar-refractivity contribution in [3.8, 4) is 6.07 Å². The lowest BCUT2D eigenvalue weighted by Crippen LogP contribution is -2.12. The van der Waals surface area contributed by atoms with Gasteiger partial charge in [-0.25, -0.2) is 0 Å². The molecule has 0 unspecified atom stereocenters. The summed E-state index contributed by atoms with van der Waals surface area (Å²) in [4.78, 5) is 11.1. The van der Waals surface area contributed by atoms with Crippen LogP contribution in [0.3, 0.4) is 0 Å². The van der Waals surface area contributed by atoms with Gasteiger partial charge in [0.05, 0.1) is 6.07 Å². The molecule has 0 aliphatic heterocycles. The molecule has 1 aromatic carbocycles. The molecule has 0 amide bonds. The number of ether oxygens (including phenoxy) is 1. The molecule has 1 aromatic rings. The van der Waals surface area contributed by atoms with Gasteiger partial charge < -0.3 is 4.74 Å². The lowest BCUT2D eigenvalue weighted by molar-refractivity contribution is -0.147. The number of nitriles is 1. The van der Waals surface area contributed by atoms with Gasteiger partial charge in [-0.05, 0) is 12.5 Å². The monoisotopic (exact) mass is 189 g/mol. The number of benzene rings is 1. The number of rotatable bonds is 3. The van der Waals surface area contributed by atoms with Crippen LogP contribution in [-0.4, -0.2) is 5.97 Å². The van der Waals surface area contributed by atoms with Crippen LogP contribution in [-0.2, 0) is 16.1 Å². The van der Waals surface area contributed by atoms with Crippen LogP contribution < -0.4 is 0 Å². The maximum absolute atomic E-state index is 11.1. The number of carbonyl (C=O) groups excluding carboxylic acids is 1. The molecule has 0 saturated heterocycles. The molecule has 0 aliphatic carbocycles. The number of nitrogens with zero attached hydrogens (tertiary/aromatic N) is 1. The predicted octanol–water partition coefficient (Wildman–Crippen LogP) is 1.89. The van der Waals surface area contributed by atoms with Crippen molar-refractivity contribution in [2.45, 2.75) is 13.5 Å². The third-order valence-electron chi connectivity index (χ3n) is 1.77. The number of esters is 1. The molecule has 0 aromatic heterocycles. The summed E-state index contributed by atoms with van der Waals surface area (Å²) in [5.41, 5.74) is 0.922. The maximum Gasteiger partial charge on any atom is 0.323 e. The number of hydrogen-bond acceptors (Lipinski definition) is 3. The Morgan fingerprint density at radius 2 is 2.14 bits per heavy atom. The lowest BCUT2D eigenvalue weighted by atomic mass is 10.2. The van der Waals surface area contributed by atoms with E-state index in [-0.39, 0.29) is 6.61 Å². The van der Waals surface area contributed by atoms with Gasteiger partial charge in [0.25, 0.3) is 0 Å². The van der Waals surface area contributed by atoms with Gasteiger partial charge in [0.15, 0.2) is 0 Å². The quantitative estimate of drug-likeness (QED) is 0.682. The van der Waals surface area contributed by atoms with Crippen molar-refractivity contribution in [2.24, 2.45) is 5.92 Å². The maximum atomic E-state index is 11.1. The van der Waals surface area contributed by atoms with Crippen molar-refractivity contribution in [3.63, 3.8) is 0 Å². The summed E-state index contributed by atoms with van der Waals surface area (Å²) in [5.74, 6) is -1.17. The minimum atomic E-state index is -0.696. The zero-order valence-electron chi connectivity index (χ0n) is 7.93. The third kappa shape index (κ3) is 2.91. The zero-order chi connectivity index (χ0) is 10.4. The van der Waals surface area contributed by atoms with E-state index in [0.717, 1.165) is 5.56 Å². The Morgan fingerprint density at radius 3 is 2.71 bits per heavy atom. The summed E-state index contributed by atoms with van der Waals surface area (Å²) in [6, 6.07) is 11.2. The van der Waals surface area contributed by atoms with Crippen molar-refractivity contribution >= 4 is 5.97 Å². The van der Waals surface area contributed by atoms with Crippen molar-refractivity contribution < 1.29 is 9.53 Å². The summed E-state index contributed by atoms with van der Waals surface area (Å²) >= 11 is 0. The zero-order valence-corrected chi connectivity index (χ0v) is 7.93. The van der Waals surface area contributed by atoms with Gasteiger partial charge >= 0.3 is 5.97 Å². The fraction of sp³-hybridized carbons (Fsp3) is 0.273. The first-order valence-electron chi connectivity index (χ1n) is 4.34. The molecule has 0 bridgehead atoms. The summed E-state index contributed by atoms with van der Waals surface area (Å²) in [7, 11) is 0. The van der Waals surface area contributed by atoms with Gasteiger partial charge in [0, 0.05) is 0 Å². The molecule has 14 heavy (non-hydrogen) atoms. The smallest absolute Gasteiger partial charge is 0.323 e. The van der Waals surface area contributed by atoms with Gasteiger partial charge in [-0.2, -0.15) is 5.26 Å². The Morgan fingerprint density at radius 1 is 1.50 bits per heavy atom. The van der Waals surface area contributed by atoms with Crippen molar-refractivity contribution in [2.75, 3.05) is 0 Å². The second kappa shape index (κ2) is 5.03. The third-order valence-corrected chi connectivity index (χ3v) is 1.77. The van der Waals surface area contributed by atoms with Crippen LogP contribution in [0.15, 0.2) is 30.3 Å². The van der Waals surface area contributed by atoms with Gasteiger partial charge in [-0.1, -0.05) is 30.3 Å². The van der Waals surface area contributed by atoms with E-state index in [0.29, 0.717) is 0 Å². The molecule has 0 spiro atoms. The molecule has 0 saturated carbocycles. The highest BCUT2D eigenvalue weighted by molar-refractivity contribution is 5.74. The summed E-state index contributed by atoms with van der Waals surface area (Å²) in [6.07, 6.45) is 0. The van der Waals surface area contributed by atoms with E-state index in [2.05, 4.69) is 0 Å². The van der Waals surface area contributed by atoms with Crippen molar-refractivity contribution in [3.05, 3.63) is 35.9 Å². The van der Waals surface area contributed by atoms with E-state index >= 15 is 0 Å². The van der Waals surface area contributed by atoms with Crippen LogP contribution >= 0.6 is 0 Å². The molecule has 0 fully saturated rings. The van der Waals surface area contributed by atoms with Crippen LogP contribution in [0.4, 0.5) is 0 Å². The van der Waals surface area contributed by atoms with Gasteiger partial charge in [-0.15, -0.1) is 0 Å². The Hall–Kier alpha value is -1.82. The van der Waals surface area contributed by atoms with E-state index in [4.69, 9.17) is 10.00 Å². The van der Waals surface area contributed by atoms with E-state index in [9.17, 15) is 4.79 Å². The molecule has 0 N–H and O–H groups in total. The SMILES string of the molecule is C[C@H](C#N)C(=O)OCc1ccccc1. The standard InChI is InChI=1S/C11H11NO2/c1-9(7-12)11(13)14-8-10-5-3-2-4-6-10/h2-6,9H,8H2,1H3/t9-/m1/s1. The predicted molar refractivity (Wildman–Crippen MR) is 51.0 cm³/mol. The topological polar surface area (TPSA) is 50.1 Å². The molecule has 72 valence electrons. The van der Waals surface area contributed by atoms with Crippen molar-refractivity contribution in [1.82, 2.24) is 0 Å². The second-order valence-corrected chi connectivity index (χ2v) is 2.94. The average Bonchev–Trinajstić information content (AvgIpc) is 2.26. The van der Waals surface area contributed by atoms with Crippen LogP contribution in [0.2, 0.25) is 0 Å². The van der Waals surface area contributed by atoms with Crippen LogP contribution in [0.1, 0.15) is 12.5 Å². The Bertz CT molecular complexity index is 340. The highest BCUT2D eigenvalue weighted by atomic mass is 16.5. The first-order chi connectivity index (χ1) is 6.74. The Labute approximate surface area is 82.9 Å². The molecular formula is C11H11NO2. The van der Waals surface area contributed by atoms with Crippen molar-refractivity contribution in [1.29, 1.82) is 5.26 Å². The van der Waals surface area contributed by atoms with E-state index in [1.807, 2.05) is 36.4 Å². The number of carbonyl (C=O) groups is 1. The average molecular weight is 189 g/mol. The molecule has 3 nitrogen and oxygen atoms in total. The van der Waals surface area contributed by atoms with Gasteiger partial charge in [0.1, 0.15) is 12.5 Å². The highest BCUT2D eigenvalue weighted by Gasteiger charge is 2.12. The Kier molecular flexibility index (Phi) is 3.69. The normalized spacial score (nSPS) is 11.4. The van der Waals surface area contributed by atoms with Gasteiger partial charge in [0.2, 0.25) is 0 Å². The molecule has 0 heterocycles.